The van der Waals surface area contributed by atoms with E-state index in [-0.39, 0.29) is 4.90 Å². The molecule has 0 atom stereocenters. The second-order valence-corrected chi connectivity index (χ2v) is 8.16. The van der Waals surface area contributed by atoms with Crippen molar-refractivity contribution in [2.75, 3.05) is 25.9 Å². The maximum atomic E-state index is 13.1. The van der Waals surface area contributed by atoms with E-state index in [2.05, 4.69) is 10.1 Å². The van der Waals surface area contributed by atoms with Crippen LogP contribution in [0.1, 0.15) is 26.3 Å². The molecule has 2 aromatic heterocycles. The highest BCUT2D eigenvalue weighted by atomic mass is 32.2. The molecule has 150 valence electrons. The van der Waals surface area contributed by atoms with Crippen LogP contribution in [0.15, 0.2) is 35.4 Å². The fourth-order valence-electron chi connectivity index (χ4n) is 3.23. The van der Waals surface area contributed by atoms with E-state index in [1.54, 1.807) is 35.0 Å². The zero-order valence-electron chi connectivity index (χ0n) is 16.5. The molecule has 0 unspecified atom stereocenters. The summed E-state index contributed by atoms with van der Waals surface area (Å²) in [7, 11) is -2.22. The number of sulfonamides is 1. The number of hydrogen-bond donors (Lipinski definition) is 1. The lowest BCUT2D eigenvalue weighted by molar-refractivity contribution is 0.395. The summed E-state index contributed by atoms with van der Waals surface area (Å²) in [5, 5.41) is 4.26. The Morgan fingerprint density at radius 1 is 1.18 bits per heavy atom. The summed E-state index contributed by atoms with van der Waals surface area (Å²) in [5.41, 5.74) is 8.81. The highest BCUT2D eigenvalue weighted by molar-refractivity contribution is 7.89. The first kappa shape index (κ1) is 20.1. The molecule has 8 nitrogen and oxygen atoms in total. The van der Waals surface area contributed by atoms with Gasteiger partial charge in [-0.3, -0.25) is 0 Å². The maximum absolute atomic E-state index is 13.1. The minimum Gasteiger partial charge on any atom is -0.495 e. The van der Waals surface area contributed by atoms with Crippen LogP contribution >= 0.6 is 0 Å². The third-order valence-electron chi connectivity index (χ3n) is 4.75. The van der Waals surface area contributed by atoms with Crippen LogP contribution in [0.5, 0.6) is 5.75 Å². The molecule has 1 aromatic carbocycles. The van der Waals surface area contributed by atoms with E-state index in [0.29, 0.717) is 48.0 Å². The second-order valence-electron chi connectivity index (χ2n) is 6.25. The van der Waals surface area contributed by atoms with Gasteiger partial charge >= 0.3 is 0 Å². The molecular weight excluding hydrogens is 378 g/mol. The number of benzene rings is 1. The Hall–Kier alpha value is -2.65. The number of rotatable bonds is 7. The molecule has 28 heavy (non-hydrogen) atoms. The Bertz CT molecular complexity index is 1100. The summed E-state index contributed by atoms with van der Waals surface area (Å²) in [6.45, 7) is 6.37. The number of ether oxygens (including phenoxy) is 1. The van der Waals surface area contributed by atoms with Gasteiger partial charge in [-0.1, -0.05) is 20.8 Å². The number of hydrogen-bond acceptors (Lipinski definition) is 6. The molecule has 0 saturated heterocycles. The smallest absolute Gasteiger partial charge is 0.246 e. The van der Waals surface area contributed by atoms with E-state index < -0.39 is 10.0 Å². The van der Waals surface area contributed by atoms with Crippen molar-refractivity contribution in [2.24, 2.45) is 0 Å². The van der Waals surface area contributed by atoms with Crippen LogP contribution in [0.2, 0.25) is 0 Å². The van der Waals surface area contributed by atoms with Gasteiger partial charge in [-0.25, -0.2) is 17.9 Å². The number of fused-ring (bicyclic) bond motifs is 1. The number of nitrogens with zero attached hydrogens (tertiary/aromatic N) is 4. The van der Waals surface area contributed by atoms with Gasteiger partial charge in [-0.2, -0.15) is 4.31 Å². The van der Waals surface area contributed by atoms with Crippen molar-refractivity contribution in [3.05, 3.63) is 36.0 Å². The fourth-order valence-corrected chi connectivity index (χ4v) is 4.87. The van der Waals surface area contributed by atoms with Gasteiger partial charge in [0.05, 0.1) is 12.8 Å². The minimum absolute atomic E-state index is 0.126. The van der Waals surface area contributed by atoms with Crippen LogP contribution in [0.25, 0.3) is 16.9 Å². The monoisotopic (exact) mass is 403 g/mol. The largest absolute Gasteiger partial charge is 0.495 e. The molecule has 2 N–H and O–H groups in total. The van der Waals surface area contributed by atoms with Crippen LogP contribution < -0.4 is 10.5 Å². The first-order valence-corrected chi connectivity index (χ1v) is 10.6. The molecule has 0 aliphatic rings. The summed E-state index contributed by atoms with van der Waals surface area (Å²) in [5.74, 6) is 0.756. The molecule has 0 aliphatic heterocycles. The van der Waals surface area contributed by atoms with Gasteiger partial charge in [0.2, 0.25) is 10.0 Å². The molecule has 0 saturated carbocycles. The molecule has 0 fully saturated rings. The normalized spacial score (nSPS) is 12.0. The average Bonchev–Trinajstić information content (AvgIpc) is 3.02. The van der Waals surface area contributed by atoms with Crippen molar-refractivity contribution < 1.29 is 13.2 Å². The van der Waals surface area contributed by atoms with E-state index in [0.717, 1.165) is 5.56 Å². The average molecular weight is 404 g/mol. The standard InChI is InChI=1S/C19H25N5O3S/c1-5-14-18(20)22-24-11-10-15(21-19(14)24)13-8-9-16(27-4)17(12-13)28(25,26)23(6-2)7-3/h8-12H,5-7H2,1-4H3,(H2,20,22). The minimum atomic E-state index is -3.68. The third-order valence-corrected chi connectivity index (χ3v) is 6.82. The van der Waals surface area contributed by atoms with Crippen LogP contribution in [0.3, 0.4) is 0 Å². The number of anilines is 1. The van der Waals surface area contributed by atoms with Crippen molar-refractivity contribution in [1.29, 1.82) is 0 Å². The predicted molar refractivity (Wildman–Crippen MR) is 109 cm³/mol. The molecule has 0 radical (unpaired) electrons. The summed E-state index contributed by atoms with van der Waals surface area (Å²) < 4.78 is 34.5. The van der Waals surface area contributed by atoms with Gasteiger partial charge in [0.1, 0.15) is 10.6 Å². The SMILES string of the molecule is CCc1c(N)nn2ccc(-c3ccc(OC)c(S(=O)(=O)N(CC)CC)c3)nc12. The molecule has 3 rings (SSSR count). The molecule has 0 spiro atoms. The topological polar surface area (TPSA) is 103 Å². The molecule has 9 heteroatoms. The Kier molecular flexibility index (Phi) is 5.57. The van der Waals surface area contributed by atoms with Crippen LogP contribution in [0.4, 0.5) is 5.82 Å². The van der Waals surface area contributed by atoms with E-state index in [9.17, 15) is 8.42 Å². The van der Waals surface area contributed by atoms with Gasteiger partial charge in [-0.05, 0) is 30.7 Å². The molecule has 0 amide bonds. The fraction of sp³-hybridized carbons (Fsp3) is 0.368. The highest BCUT2D eigenvalue weighted by Crippen LogP contribution is 2.32. The van der Waals surface area contributed by atoms with E-state index in [1.165, 1.54) is 11.4 Å². The first-order chi connectivity index (χ1) is 13.4. The van der Waals surface area contributed by atoms with Gasteiger partial charge in [0, 0.05) is 30.4 Å². The quantitative estimate of drug-likeness (QED) is 0.650. The number of methoxy groups -OCH3 is 1. The zero-order chi connectivity index (χ0) is 20.5. The summed E-state index contributed by atoms with van der Waals surface area (Å²) in [4.78, 5) is 4.80. The van der Waals surface area contributed by atoms with Gasteiger partial charge in [-0.15, -0.1) is 5.10 Å². The number of aromatic nitrogens is 3. The third kappa shape index (κ3) is 3.31. The van der Waals surface area contributed by atoms with Crippen LogP contribution in [-0.2, 0) is 16.4 Å². The highest BCUT2D eigenvalue weighted by Gasteiger charge is 2.26. The Balaban J connectivity index is 2.17. The van der Waals surface area contributed by atoms with Crippen molar-refractivity contribution >= 4 is 21.5 Å². The van der Waals surface area contributed by atoms with Crippen molar-refractivity contribution in [1.82, 2.24) is 18.9 Å². The molecule has 0 bridgehead atoms. The lowest BCUT2D eigenvalue weighted by Crippen LogP contribution is -2.30. The molecule has 0 aliphatic carbocycles. The molecule has 2 heterocycles. The molecular formula is C19H25N5O3S. The number of nitrogen functional groups attached to an aromatic ring is 1. The van der Waals surface area contributed by atoms with Crippen molar-refractivity contribution in [3.63, 3.8) is 0 Å². The predicted octanol–water partition coefficient (Wildman–Crippen LogP) is 2.58. The van der Waals surface area contributed by atoms with Crippen LogP contribution in [0, 0.1) is 0 Å². The van der Waals surface area contributed by atoms with Crippen LogP contribution in [-0.4, -0.2) is 47.5 Å². The van der Waals surface area contributed by atoms with E-state index >= 15 is 0 Å². The molecule has 3 aromatic rings. The van der Waals surface area contributed by atoms with E-state index in [4.69, 9.17) is 10.5 Å². The van der Waals surface area contributed by atoms with Crippen molar-refractivity contribution in [2.45, 2.75) is 32.1 Å². The van der Waals surface area contributed by atoms with Crippen molar-refractivity contribution in [3.8, 4) is 17.0 Å². The Labute approximate surface area is 165 Å². The zero-order valence-corrected chi connectivity index (χ0v) is 17.3. The Morgan fingerprint density at radius 2 is 1.89 bits per heavy atom. The first-order valence-electron chi connectivity index (χ1n) is 9.19. The van der Waals surface area contributed by atoms with E-state index in [1.807, 2.05) is 20.8 Å². The summed E-state index contributed by atoms with van der Waals surface area (Å²) in [6.07, 6.45) is 2.48. The van der Waals surface area contributed by atoms with Gasteiger partial charge in [0.25, 0.3) is 0 Å². The lowest BCUT2D eigenvalue weighted by Gasteiger charge is -2.20. The van der Waals surface area contributed by atoms with Gasteiger partial charge < -0.3 is 10.5 Å². The lowest BCUT2D eigenvalue weighted by atomic mass is 10.1. The maximum Gasteiger partial charge on any atom is 0.246 e. The number of nitrogens with two attached hydrogens (primary N) is 1. The van der Waals surface area contributed by atoms with Gasteiger partial charge in [0.15, 0.2) is 11.5 Å². The number of aryl methyl sites for hydroxylation is 1. The second kappa shape index (κ2) is 7.76. The summed E-state index contributed by atoms with van der Waals surface area (Å²) in [6, 6.07) is 6.85. The summed E-state index contributed by atoms with van der Waals surface area (Å²) >= 11 is 0. The Morgan fingerprint density at radius 3 is 2.50 bits per heavy atom.